The zero-order valence-electron chi connectivity index (χ0n) is 12.3. The molecule has 0 aromatic heterocycles. The summed E-state index contributed by atoms with van der Waals surface area (Å²) in [4.78, 5) is 0. The molecule has 0 aliphatic carbocycles. The molecule has 1 aliphatic heterocycles. The summed E-state index contributed by atoms with van der Waals surface area (Å²) in [6.45, 7) is 7.30. The molecule has 2 rings (SSSR count). The fourth-order valence-corrected chi connectivity index (χ4v) is 2.29. The van der Waals surface area contributed by atoms with E-state index in [0.717, 1.165) is 26.1 Å². The summed E-state index contributed by atoms with van der Waals surface area (Å²) in [6.07, 6.45) is 1.70. The predicted molar refractivity (Wildman–Crippen MR) is 78.7 cm³/mol. The first-order valence-electron chi connectivity index (χ1n) is 7.01. The second kappa shape index (κ2) is 5.87. The van der Waals surface area contributed by atoms with Gasteiger partial charge in [-0.3, -0.25) is 0 Å². The average Bonchev–Trinajstić information content (AvgIpc) is 2.35. The van der Waals surface area contributed by atoms with Gasteiger partial charge in [0, 0.05) is 30.9 Å². The van der Waals surface area contributed by atoms with Crippen LogP contribution in [-0.2, 0) is 4.74 Å². The third-order valence-electron chi connectivity index (χ3n) is 3.50. The zero-order valence-corrected chi connectivity index (χ0v) is 12.3. The van der Waals surface area contributed by atoms with Gasteiger partial charge in [0.25, 0.3) is 0 Å². The first-order chi connectivity index (χ1) is 9.39. The molecule has 0 spiro atoms. The third-order valence-corrected chi connectivity index (χ3v) is 3.50. The molecule has 1 saturated heterocycles. The van der Waals surface area contributed by atoms with E-state index < -0.39 is 5.82 Å². The van der Waals surface area contributed by atoms with E-state index in [2.05, 4.69) is 12.2 Å². The number of nitrogens with one attached hydrogen (secondary N) is 1. The van der Waals surface area contributed by atoms with Crippen LogP contribution in [0.3, 0.4) is 0 Å². The standard InChI is InChI=1S/C15H23FN2O2/c1-10(2)20-14-9-13(12(17)8-11(14)16)18-15(3)4-6-19-7-5-15/h8-10,18H,4-7,17H2,1-3H3. The molecule has 1 aromatic rings. The van der Waals surface area contributed by atoms with Gasteiger partial charge in [0.05, 0.1) is 17.5 Å². The minimum absolute atomic E-state index is 0.0837. The Bertz CT molecular complexity index is 471. The number of anilines is 2. The van der Waals surface area contributed by atoms with Crippen LogP contribution in [0.1, 0.15) is 33.6 Å². The summed E-state index contributed by atoms with van der Waals surface area (Å²) < 4.78 is 24.7. The molecular weight excluding hydrogens is 259 g/mol. The molecule has 112 valence electrons. The maximum absolute atomic E-state index is 13.8. The van der Waals surface area contributed by atoms with Crippen LogP contribution in [0.25, 0.3) is 0 Å². The molecule has 0 saturated carbocycles. The van der Waals surface area contributed by atoms with Crippen LogP contribution in [0.5, 0.6) is 5.75 Å². The highest BCUT2D eigenvalue weighted by Gasteiger charge is 2.28. The van der Waals surface area contributed by atoms with Gasteiger partial charge < -0.3 is 20.5 Å². The fourth-order valence-electron chi connectivity index (χ4n) is 2.29. The van der Waals surface area contributed by atoms with Crippen molar-refractivity contribution in [3.05, 3.63) is 17.9 Å². The Hall–Kier alpha value is -1.49. The lowest BCUT2D eigenvalue weighted by atomic mass is 9.92. The highest BCUT2D eigenvalue weighted by atomic mass is 19.1. The van der Waals surface area contributed by atoms with Gasteiger partial charge in [-0.05, 0) is 33.6 Å². The van der Waals surface area contributed by atoms with Gasteiger partial charge in [-0.1, -0.05) is 0 Å². The van der Waals surface area contributed by atoms with Crippen molar-refractivity contribution < 1.29 is 13.9 Å². The van der Waals surface area contributed by atoms with E-state index >= 15 is 0 Å². The van der Waals surface area contributed by atoms with Gasteiger partial charge in [0.2, 0.25) is 0 Å². The highest BCUT2D eigenvalue weighted by Crippen LogP contribution is 2.33. The summed E-state index contributed by atoms with van der Waals surface area (Å²) in [5, 5.41) is 3.41. The smallest absolute Gasteiger partial charge is 0.167 e. The van der Waals surface area contributed by atoms with Crippen LogP contribution >= 0.6 is 0 Å². The third kappa shape index (κ3) is 3.54. The molecule has 0 radical (unpaired) electrons. The normalized spacial score (nSPS) is 18.1. The molecule has 1 heterocycles. The molecule has 0 amide bonds. The largest absolute Gasteiger partial charge is 0.488 e. The first kappa shape index (κ1) is 14.9. The van der Waals surface area contributed by atoms with Crippen LogP contribution in [0.2, 0.25) is 0 Å². The minimum atomic E-state index is -0.432. The van der Waals surface area contributed by atoms with E-state index in [1.165, 1.54) is 6.07 Å². The van der Waals surface area contributed by atoms with Gasteiger partial charge in [-0.25, -0.2) is 4.39 Å². The van der Waals surface area contributed by atoms with Crippen molar-refractivity contribution in [2.24, 2.45) is 0 Å². The molecule has 0 bridgehead atoms. The molecule has 1 aromatic carbocycles. The second-order valence-electron chi connectivity index (χ2n) is 5.83. The average molecular weight is 282 g/mol. The van der Waals surface area contributed by atoms with E-state index in [9.17, 15) is 4.39 Å². The number of rotatable bonds is 4. The maximum atomic E-state index is 13.8. The van der Waals surface area contributed by atoms with Crippen LogP contribution in [-0.4, -0.2) is 24.9 Å². The van der Waals surface area contributed by atoms with Gasteiger partial charge >= 0.3 is 0 Å². The monoisotopic (exact) mass is 282 g/mol. The lowest BCUT2D eigenvalue weighted by Gasteiger charge is -2.36. The SMILES string of the molecule is CC(C)Oc1cc(NC2(C)CCOCC2)c(N)cc1F. The van der Waals surface area contributed by atoms with Crippen molar-refractivity contribution in [3.8, 4) is 5.75 Å². The maximum Gasteiger partial charge on any atom is 0.167 e. The number of hydrogen-bond acceptors (Lipinski definition) is 4. The van der Waals surface area contributed by atoms with Crippen molar-refractivity contribution in [3.63, 3.8) is 0 Å². The fraction of sp³-hybridized carbons (Fsp3) is 0.600. The molecule has 0 unspecified atom stereocenters. The lowest BCUT2D eigenvalue weighted by Crippen LogP contribution is -2.40. The number of halogens is 1. The summed E-state index contributed by atoms with van der Waals surface area (Å²) in [5.74, 6) is -0.203. The van der Waals surface area contributed by atoms with Crippen LogP contribution in [0.4, 0.5) is 15.8 Å². The summed E-state index contributed by atoms with van der Waals surface area (Å²) in [7, 11) is 0. The van der Waals surface area contributed by atoms with Crippen LogP contribution in [0, 0.1) is 5.82 Å². The van der Waals surface area contributed by atoms with E-state index in [1.807, 2.05) is 13.8 Å². The van der Waals surface area contributed by atoms with Crippen LogP contribution < -0.4 is 15.8 Å². The predicted octanol–water partition coefficient (Wildman–Crippen LogP) is 3.18. The quantitative estimate of drug-likeness (QED) is 0.833. The number of nitrogen functional groups attached to an aromatic ring is 1. The van der Waals surface area contributed by atoms with Crippen molar-refractivity contribution in [1.29, 1.82) is 0 Å². The van der Waals surface area contributed by atoms with Gasteiger partial charge in [-0.2, -0.15) is 0 Å². The van der Waals surface area contributed by atoms with Crippen molar-refractivity contribution in [1.82, 2.24) is 0 Å². The van der Waals surface area contributed by atoms with E-state index in [0.29, 0.717) is 11.4 Å². The Morgan fingerprint density at radius 1 is 1.35 bits per heavy atom. The van der Waals surface area contributed by atoms with Crippen molar-refractivity contribution >= 4 is 11.4 Å². The van der Waals surface area contributed by atoms with E-state index in [4.69, 9.17) is 15.2 Å². The Balaban J connectivity index is 2.22. The van der Waals surface area contributed by atoms with Crippen molar-refractivity contribution in [2.75, 3.05) is 24.3 Å². The van der Waals surface area contributed by atoms with E-state index in [-0.39, 0.29) is 17.4 Å². The van der Waals surface area contributed by atoms with Gasteiger partial charge in [0.15, 0.2) is 11.6 Å². The molecule has 5 heteroatoms. The second-order valence-corrected chi connectivity index (χ2v) is 5.83. The topological polar surface area (TPSA) is 56.5 Å². The number of benzene rings is 1. The molecule has 1 aliphatic rings. The zero-order chi connectivity index (χ0) is 14.8. The van der Waals surface area contributed by atoms with Crippen LogP contribution in [0.15, 0.2) is 12.1 Å². The lowest BCUT2D eigenvalue weighted by molar-refractivity contribution is 0.0658. The summed E-state index contributed by atoms with van der Waals surface area (Å²) >= 11 is 0. The molecule has 4 nitrogen and oxygen atoms in total. The first-order valence-corrected chi connectivity index (χ1v) is 7.01. The number of hydrogen-bond donors (Lipinski definition) is 2. The number of nitrogens with two attached hydrogens (primary N) is 1. The van der Waals surface area contributed by atoms with Gasteiger partial charge in [0.1, 0.15) is 0 Å². The Morgan fingerprint density at radius 3 is 2.60 bits per heavy atom. The molecule has 20 heavy (non-hydrogen) atoms. The summed E-state index contributed by atoms with van der Waals surface area (Å²) in [6, 6.07) is 2.95. The van der Waals surface area contributed by atoms with Gasteiger partial charge in [-0.15, -0.1) is 0 Å². The minimum Gasteiger partial charge on any atom is -0.488 e. The Kier molecular flexibility index (Phi) is 4.38. The van der Waals surface area contributed by atoms with E-state index in [1.54, 1.807) is 6.07 Å². The molecular formula is C15H23FN2O2. The molecule has 0 atom stereocenters. The Labute approximate surface area is 119 Å². The molecule has 1 fully saturated rings. The highest BCUT2D eigenvalue weighted by molar-refractivity contribution is 5.69. The number of ether oxygens (including phenoxy) is 2. The van der Waals surface area contributed by atoms with Crippen molar-refractivity contribution in [2.45, 2.75) is 45.3 Å². The Morgan fingerprint density at radius 2 is 2.00 bits per heavy atom. The summed E-state index contributed by atoms with van der Waals surface area (Å²) in [5.41, 5.74) is 6.93. The molecule has 3 N–H and O–H groups in total.